The van der Waals surface area contributed by atoms with Crippen LogP contribution in [0.15, 0.2) is 30.9 Å². The zero-order valence-electron chi connectivity index (χ0n) is 17.3. The van der Waals surface area contributed by atoms with E-state index >= 15 is 0 Å². The molecule has 5 nitrogen and oxygen atoms in total. The molecule has 2 aromatic rings. The van der Waals surface area contributed by atoms with E-state index in [0.717, 1.165) is 22.2 Å². The molecule has 0 aliphatic carbocycles. The predicted octanol–water partition coefficient (Wildman–Crippen LogP) is 4.28. The van der Waals surface area contributed by atoms with E-state index in [1.54, 1.807) is 0 Å². The number of benzene rings is 1. The van der Waals surface area contributed by atoms with Gasteiger partial charge in [0.2, 0.25) is 0 Å². The summed E-state index contributed by atoms with van der Waals surface area (Å²) in [4.78, 5) is 27.0. The van der Waals surface area contributed by atoms with Gasteiger partial charge in [0, 0.05) is 30.5 Å². The number of allylic oxidation sites excluding steroid dienone is 1. The van der Waals surface area contributed by atoms with Crippen molar-refractivity contribution in [1.82, 2.24) is 9.47 Å². The van der Waals surface area contributed by atoms with Crippen molar-refractivity contribution in [3.8, 4) is 0 Å². The number of aryl methyl sites for hydroxylation is 1. The minimum Gasteiger partial charge on any atom is -0.469 e. The SMILES string of the molecule is C=CCn1c(C(=O)N2CCC(C(=O)OC)CC2)c(C)c2cc(C(C)C)ccc21. The molecule has 0 N–H and O–H groups in total. The van der Waals surface area contributed by atoms with Gasteiger partial charge in [-0.25, -0.2) is 0 Å². The molecular weight excluding hydrogens is 352 g/mol. The van der Waals surface area contributed by atoms with Crippen molar-refractivity contribution >= 4 is 22.8 Å². The first-order chi connectivity index (χ1) is 13.4. The molecule has 1 amide bonds. The number of methoxy groups -OCH3 is 1. The van der Waals surface area contributed by atoms with Crippen LogP contribution in [0.2, 0.25) is 0 Å². The first-order valence-electron chi connectivity index (χ1n) is 9.99. The summed E-state index contributed by atoms with van der Waals surface area (Å²) in [6.07, 6.45) is 3.13. The molecule has 1 aliphatic heterocycles. The van der Waals surface area contributed by atoms with Crippen molar-refractivity contribution in [1.29, 1.82) is 0 Å². The third-order valence-electron chi connectivity index (χ3n) is 5.84. The van der Waals surface area contributed by atoms with Crippen molar-refractivity contribution in [3.63, 3.8) is 0 Å². The number of fused-ring (bicyclic) bond motifs is 1. The maximum Gasteiger partial charge on any atom is 0.308 e. The van der Waals surface area contributed by atoms with Crippen LogP contribution in [0.3, 0.4) is 0 Å². The molecule has 1 aromatic carbocycles. The van der Waals surface area contributed by atoms with Gasteiger partial charge < -0.3 is 14.2 Å². The first-order valence-corrected chi connectivity index (χ1v) is 9.99. The van der Waals surface area contributed by atoms with Gasteiger partial charge in [0.15, 0.2) is 0 Å². The number of carbonyl (C=O) groups is 2. The van der Waals surface area contributed by atoms with Crippen LogP contribution in [0.4, 0.5) is 0 Å². The fourth-order valence-corrected chi connectivity index (χ4v) is 4.13. The molecule has 0 atom stereocenters. The van der Waals surface area contributed by atoms with Gasteiger partial charge in [-0.05, 0) is 48.9 Å². The number of esters is 1. The lowest BCUT2D eigenvalue weighted by Gasteiger charge is -2.31. The van der Waals surface area contributed by atoms with E-state index < -0.39 is 0 Å². The van der Waals surface area contributed by atoms with Gasteiger partial charge in [0.05, 0.1) is 13.0 Å². The average molecular weight is 383 g/mol. The van der Waals surface area contributed by atoms with Crippen LogP contribution in [-0.2, 0) is 16.1 Å². The number of ether oxygens (including phenoxy) is 1. The Morgan fingerprint density at radius 2 is 1.96 bits per heavy atom. The highest BCUT2D eigenvalue weighted by Gasteiger charge is 2.31. The van der Waals surface area contributed by atoms with Gasteiger partial charge in [-0.15, -0.1) is 6.58 Å². The number of amides is 1. The Labute approximate surface area is 167 Å². The molecule has 1 fully saturated rings. The molecule has 0 bridgehead atoms. The summed E-state index contributed by atoms with van der Waals surface area (Å²) in [6.45, 7) is 12.0. The number of likely N-dealkylation sites (tertiary alicyclic amines) is 1. The molecule has 0 unspecified atom stereocenters. The van der Waals surface area contributed by atoms with Crippen molar-refractivity contribution in [2.45, 2.75) is 46.1 Å². The Kier molecular flexibility index (Phi) is 5.92. The van der Waals surface area contributed by atoms with Crippen LogP contribution >= 0.6 is 0 Å². The van der Waals surface area contributed by atoms with Gasteiger partial charge in [-0.2, -0.15) is 0 Å². The summed E-state index contributed by atoms with van der Waals surface area (Å²) in [5.74, 6) is 0.182. The molecule has 5 heteroatoms. The minimum absolute atomic E-state index is 0.0324. The highest BCUT2D eigenvalue weighted by Crippen LogP contribution is 2.31. The maximum absolute atomic E-state index is 13.4. The fraction of sp³-hybridized carbons (Fsp3) is 0.478. The van der Waals surface area contributed by atoms with Crippen LogP contribution in [0.5, 0.6) is 0 Å². The van der Waals surface area contributed by atoms with E-state index in [1.807, 2.05) is 17.9 Å². The molecule has 0 radical (unpaired) electrons. The van der Waals surface area contributed by atoms with E-state index in [9.17, 15) is 9.59 Å². The minimum atomic E-state index is -0.176. The Balaban J connectivity index is 1.96. The van der Waals surface area contributed by atoms with E-state index in [2.05, 4.69) is 43.2 Å². The van der Waals surface area contributed by atoms with Crippen LogP contribution in [0, 0.1) is 12.8 Å². The van der Waals surface area contributed by atoms with Gasteiger partial charge in [-0.3, -0.25) is 9.59 Å². The summed E-state index contributed by atoms with van der Waals surface area (Å²) in [6, 6.07) is 6.46. The largest absolute Gasteiger partial charge is 0.469 e. The Morgan fingerprint density at radius 1 is 1.29 bits per heavy atom. The smallest absolute Gasteiger partial charge is 0.308 e. The summed E-state index contributed by atoms with van der Waals surface area (Å²) >= 11 is 0. The highest BCUT2D eigenvalue weighted by molar-refractivity contribution is 6.02. The van der Waals surface area contributed by atoms with Crippen molar-refractivity contribution in [2.75, 3.05) is 20.2 Å². The van der Waals surface area contributed by atoms with Crippen LogP contribution < -0.4 is 0 Å². The number of piperidine rings is 1. The predicted molar refractivity (Wildman–Crippen MR) is 112 cm³/mol. The van der Waals surface area contributed by atoms with E-state index in [-0.39, 0.29) is 17.8 Å². The fourth-order valence-electron chi connectivity index (χ4n) is 4.13. The van der Waals surface area contributed by atoms with Crippen LogP contribution in [0.1, 0.15) is 54.2 Å². The average Bonchev–Trinajstić information content (AvgIpc) is 2.98. The number of nitrogens with zero attached hydrogens (tertiary/aromatic N) is 2. The lowest BCUT2D eigenvalue weighted by atomic mass is 9.96. The van der Waals surface area contributed by atoms with Gasteiger partial charge in [-0.1, -0.05) is 26.0 Å². The molecule has 1 aliphatic rings. The Bertz CT molecular complexity index is 902. The number of hydrogen-bond acceptors (Lipinski definition) is 3. The third-order valence-corrected chi connectivity index (χ3v) is 5.84. The molecular formula is C23H30N2O3. The summed E-state index contributed by atoms with van der Waals surface area (Å²) in [7, 11) is 1.42. The maximum atomic E-state index is 13.4. The zero-order valence-corrected chi connectivity index (χ0v) is 17.3. The highest BCUT2D eigenvalue weighted by atomic mass is 16.5. The summed E-state index contributed by atoms with van der Waals surface area (Å²) in [5.41, 5.74) is 4.07. The quantitative estimate of drug-likeness (QED) is 0.573. The monoisotopic (exact) mass is 382 g/mol. The second kappa shape index (κ2) is 8.21. The number of rotatable bonds is 5. The summed E-state index contributed by atoms with van der Waals surface area (Å²) < 4.78 is 6.92. The van der Waals surface area contributed by atoms with Gasteiger partial charge in [0.1, 0.15) is 5.69 Å². The van der Waals surface area contributed by atoms with E-state index in [1.165, 1.54) is 12.7 Å². The van der Waals surface area contributed by atoms with Crippen molar-refractivity contribution in [3.05, 3.63) is 47.7 Å². The molecule has 1 saturated heterocycles. The topological polar surface area (TPSA) is 51.5 Å². The standard InChI is InChI=1S/C23H30N2O3/c1-6-11-25-20-8-7-18(15(2)3)14-19(20)16(4)21(25)22(26)24-12-9-17(10-13-24)23(27)28-5/h6-8,14-15,17H,1,9-13H2,2-5H3. The molecule has 0 saturated carbocycles. The second-order valence-corrected chi connectivity index (χ2v) is 7.89. The van der Waals surface area contributed by atoms with Crippen LogP contribution in [-0.4, -0.2) is 41.5 Å². The number of aromatic nitrogens is 1. The second-order valence-electron chi connectivity index (χ2n) is 7.89. The normalized spacial score (nSPS) is 15.2. The molecule has 3 rings (SSSR count). The number of carbonyl (C=O) groups excluding carboxylic acids is 2. The number of hydrogen-bond donors (Lipinski definition) is 0. The third kappa shape index (κ3) is 3.58. The van der Waals surface area contributed by atoms with E-state index in [0.29, 0.717) is 38.4 Å². The molecule has 28 heavy (non-hydrogen) atoms. The van der Waals surface area contributed by atoms with E-state index in [4.69, 9.17) is 4.74 Å². The first kappa shape index (κ1) is 20.2. The molecule has 1 aromatic heterocycles. The van der Waals surface area contributed by atoms with Gasteiger partial charge >= 0.3 is 5.97 Å². The lowest BCUT2D eigenvalue weighted by Crippen LogP contribution is -2.41. The zero-order chi connectivity index (χ0) is 20.4. The van der Waals surface area contributed by atoms with Crippen molar-refractivity contribution < 1.29 is 14.3 Å². The molecule has 0 spiro atoms. The van der Waals surface area contributed by atoms with Crippen LogP contribution in [0.25, 0.3) is 10.9 Å². The molecule has 150 valence electrons. The lowest BCUT2D eigenvalue weighted by molar-refractivity contribution is -0.146. The Morgan fingerprint density at radius 3 is 2.54 bits per heavy atom. The summed E-state index contributed by atoms with van der Waals surface area (Å²) in [5, 5.41) is 1.13. The Hall–Kier alpha value is -2.56. The van der Waals surface area contributed by atoms with Crippen molar-refractivity contribution in [2.24, 2.45) is 5.92 Å². The van der Waals surface area contributed by atoms with Gasteiger partial charge in [0.25, 0.3) is 5.91 Å². The molecule has 2 heterocycles.